The van der Waals surface area contributed by atoms with Crippen LogP contribution in [0.25, 0.3) is 10.9 Å². The molecule has 2 aromatic rings. The van der Waals surface area contributed by atoms with Crippen LogP contribution in [0.15, 0.2) is 30.5 Å². The molecule has 0 atom stereocenters. The summed E-state index contributed by atoms with van der Waals surface area (Å²) >= 11 is 0. The molecule has 1 N–H and O–H groups in total. The second-order valence-electron chi connectivity index (χ2n) is 10.1. The molecule has 148 valence electrons. The van der Waals surface area contributed by atoms with Gasteiger partial charge in [0, 0.05) is 49.8 Å². The molecule has 5 fully saturated rings. The number of piperazine rings is 1. The second-order valence-corrected chi connectivity index (χ2v) is 10.1. The average molecular weight is 378 g/mol. The SMILES string of the molecule is O=C(N1CCN(Cc2c[nH]c3ccccc23)CC1)C12CC3CC(CC(C3)C1)C2. The number of amides is 1. The lowest BCUT2D eigenvalue weighted by Crippen LogP contribution is -2.58. The minimum absolute atomic E-state index is 0.0216. The van der Waals surface area contributed by atoms with Gasteiger partial charge in [0.15, 0.2) is 0 Å². The Kier molecular flexibility index (Phi) is 3.87. The fraction of sp³-hybridized carbons (Fsp3) is 0.625. The van der Waals surface area contributed by atoms with Gasteiger partial charge in [0.25, 0.3) is 0 Å². The van der Waals surface area contributed by atoms with Gasteiger partial charge in [0.2, 0.25) is 5.91 Å². The molecule has 0 unspecified atom stereocenters. The van der Waals surface area contributed by atoms with Crippen molar-refractivity contribution in [2.75, 3.05) is 26.2 Å². The van der Waals surface area contributed by atoms with Crippen molar-refractivity contribution in [1.29, 1.82) is 0 Å². The van der Waals surface area contributed by atoms with E-state index in [2.05, 4.69) is 45.2 Å². The summed E-state index contributed by atoms with van der Waals surface area (Å²) in [6.07, 6.45) is 9.94. The largest absolute Gasteiger partial charge is 0.361 e. The van der Waals surface area contributed by atoms with E-state index in [9.17, 15) is 4.79 Å². The molecule has 4 aliphatic carbocycles. The third-order valence-electron chi connectivity index (χ3n) is 8.22. The van der Waals surface area contributed by atoms with Gasteiger partial charge in [-0.05, 0) is 67.9 Å². The van der Waals surface area contributed by atoms with E-state index in [-0.39, 0.29) is 5.41 Å². The molecule has 1 saturated heterocycles. The van der Waals surface area contributed by atoms with E-state index in [1.54, 1.807) is 0 Å². The molecular formula is C24H31N3O. The first-order chi connectivity index (χ1) is 13.7. The highest BCUT2D eigenvalue weighted by Gasteiger charge is 2.55. The number of hydrogen-bond donors (Lipinski definition) is 1. The van der Waals surface area contributed by atoms with E-state index in [1.165, 1.54) is 55.0 Å². The Morgan fingerprint density at radius 3 is 2.29 bits per heavy atom. The van der Waals surface area contributed by atoms with Crippen molar-refractivity contribution < 1.29 is 4.79 Å². The first-order valence-corrected chi connectivity index (χ1v) is 11.3. The third kappa shape index (κ3) is 2.72. The van der Waals surface area contributed by atoms with Crippen LogP contribution in [0.3, 0.4) is 0 Å². The summed E-state index contributed by atoms with van der Waals surface area (Å²) in [4.78, 5) is 21.7. The summed E-state index contributed by atoms with van der Waals surface area (Å²) in [7, 11) is 0. The third-order valence-corrected chi connectivity index (χ3v) is 8.22. The van der Waals surface area contributed by atoms with Crippen LogP contribution in [-0.2, 0) is 11.3 Å². The zero-order valence-corrected chi connectivity index (χ0v) is 16.7. The average Bonchev–Trinajstić information content (AvgIpc) is 3.10. The fourth-order valence-corrected chi connectivity index (χ4v) is 7.32. The Labute approximate surface area is 167 Å². The molecule has 4 bridgehead atoms. The highest BCUT2D eigenvalue weighted by molar-refractivity contribution is 5.84. The molecule has 1 aromatic carbocycles. The van der Waals surface area contributed by atoms with E-state index in [0.29, 0.717) is 5.91 Å². The predicted molar refractivity (Wildman–Crippen MR) is 111 cm³/mol. The number of H-pyrrole nitrogens is 1. The summed E-state index contributed by atoms with van der Waals surface area (Å²) in [5.74, 6) is 3.05. The maximum absolute atomic E-state index is 13.6. The van der Waals surface area contributed by atoms with Gasteiger partial charge in [-0.15, -0.1) is 0 Å². The topological polar surface area (TPSA) is 39.3 Å². The molecule has 5 aliphatic rings. The monoisotopic (exact) mass is 377 g/mol. The van der Waals surface area contributed by atoms with Crippen LogP contribution in [0.4, 0.5) is 0 Å². The lowest BCUT2D eigenvalue weighted by Gasteiger charge is -2.57. The van der Waals surface area contributed by atoms with Crippen LogP contribution >= 0.6 is 0 Å². The van der Waals surface area contributed by atoms with Crippen molar-refractivity contribution in [3.8, 4) is 0 Å². The summed E-state index contributed by atoms with van der Waals surface area (Å²) in [6, 6.07) is 8.54. The smallest absolute Gasteiger partial charge is 0.228 e. The standard InChI is InChI=1S/C24H31N3O/c28-23(24-12-17-9-18(13-24)11-19(10-17)14-24)27-7-5-26(6-8-27)16-20-15-25-22-4-2-1-3-21(20)22/h1-4,15,17-19,25H,5-14,16H2. The lowest BCUT2D eigenvalue weighted by molar-refractivity contribution is -0.159. The fourth-order valence-electron chi connectivity index (χ4n) is 7.32. The quantitative estimate of drug-likeness (QED) is 0.877. The number of benzene rings is 1. The highest BCUT2D eigenvalue weighted by Crippen LogP contribution is 2.60. The molecular weight excluding hydrogens is 346 g/mol. The number of nitrogens with zero attached hydrogens (tertiary/aromatic N) is 2. The van der Waals surface area contributed by atoms with Crippen LogP contribution in [0.1, 0.15) is 44.1 Å². The number of rotatable bonds is 3. The number of hydrogen-bond acceptors (Lipinski definition) is 2. The predicted octanol–water partition coefficient (Wildman–Crippen LogP) is 4.03. The van der Waals surface area contributed by atoms with Gasteiger partial charge in [0.05, 0.1) is 5.41 Å². The van der Waals surface area contributed by atoms with Crippen molar-refractivity contribution in [1.82, 2.24) is 14.8 Å². The van der Waals surface area contributed by atoms with Crippen LogP contribution in [-0.4, -0.2) is 46.9 Å². The summed E-state index contributed by atoms with van der Waals surface area (Å²) < 4.78 is 0. The van der Waals surface area contributed by atoms with Crippen molar-refractivity contribution in [3.63, 3.8) is 0 Å². The Balaban J connectivity index is 1.11. The number of aromatic amines is 1. The number of carbonyl (C=O) groups excluding carboxylic acids is 1. The number of nitrogens with one attached hydrogen (secondary N) is 1. The number of carbonyl (C=O) groups is 1. The van der Waals surface area contributed by atoms with Crippen molar-refractivity contribution in [3.05, 3.63) is 36.0 Å². The molecule has 7 rings (SSSR count). The highest BCUT2D eigenvalue weighted by atomic mass is 16.2. The lowest BCUT2D eigenvalue weighted by atomic mass is 9.49. The van der Waals surface area contributed by atoms with Gasteiger partial charge in [-0.25, -0.2) is 0 Å². The van der Waals surface area contributed by atoms with Gasteiger partial charge in [-0.1, -0.05) is 18.2 Å². The van der Waals surface area contributed by atoms with Crippen LogP contribution in [0.2, 0.25) is 0 Å². The van der Waals surface area contributed by atoms with Gasteiger partial charge in [-0.2, -0.15) is 0 Å². The molecule has 0 spiro atoms. The summed E-state index contributed by atoms with van der Waals surface area (Å²) in [6.45, 7) is 4.78. The first-order valence-electron chi connectivity index (χ1n) is 11.3. The Morgan fingerprint density at radius 1 is 0.964 bits per heavy atom. The molecule has 0 radical (unpaired) electrons. The first kappa shape index (κ1) is 17.1. The molecule has 1 aliphatic heterocycles. The number of fused-ring (bicyclic) bond motifs is 1. The van der Waals surface area contributed by atoms with Crippen LogP contribution < -0.4 is 0 Å². The van der Waals surface area contributed by atoms with E-state index in [0.717, 1.165) is 50.5 Å². The van der Waals surface area contributed by atoms with E-state index >= 15 is 0 Å². The van der Waals surface area contributed by atoms with Gasteiger partial charge in [0.1, 0.15) is 0 Å². The van der Waals surface area contributed by atoms with Crippen LogP contribution in [0, 0.1) is 23.2 Å². The van der Waals surface area contributed by atoms with Crippen LogP contribution in [0.5, 0.6) is 0 Å². The van der Waals surface area contributed by atoms with E-state index < -0.39 is 0 Å². The van der Waals surface area contributed by atoms with E-state index in [1.807, 2.05) is 0 Å². The van der Waals surface area contributed by atoms with Crippen molar-refractivity contribution in [2.24, 2.45) is 23.2 Å². The molecule has 2 heterocycles. The Morgan fingerprint density at radius 2 is 1.61 bits per heavy atom. The zero-order valence-electron chi connectivity index (χ0n) is 16.7. The van der Waals surface area contributed by atoms with Gasteiger partial charge >= 0.3 is 0 Å². The number of aromatic nitrogens is 1. The van der Waals surface area contributed by atoms with Crippen molar-refractivity contribution >= 4 is 16.8 Å². The second kappa shape index (κ2) is 6.35. The summed E-state index contributed by atoms with van der Waals surface area (Å²) in [5.41, 5.74) is 2.61. The Hall–Kier alpha value is -1.81. The minimum atomic E-state index is 0.0216. The molecule has 4 saturated carbocycles. The molecule has 1 amide bonds. The molecule has 1 aromatic heterocycles. The molecule has 28 heavy (non-hydrogen) atoms. The normalized spacial score (nSPS) is 35.0. The minimum Gasteiger partial charge on any atom is -0.361 e. The van der Waals surface area contributed by atoms with Gasteiger partial charge < -0.3 is 9.88 Å². The van der Waals surface area contributed by atoms with E-state index in [4.69, 9.17) is 0 Å². The maximum atomic E-state index is 13.6. The van der Waals surface area contributed by atoms with Gasteiger partial charge in [-0.3, -0.25) is 9.69 Å². The van der Waals surface area contributed by atoms with Crippen molar-refractivity contribution in [2.45, 2.75) is 45.1 Å². The summed E-state index contributed by atoms with van der Waals surface area (Å²) in [5, 5.41) is 1.33. The molecule has 4 heteroatoms. The zero-order chi connectivity index (χ0) is 18.7. The number of para-hydroxylation sites is 1. The Bertz CT molecular complexity index is 857. The maximum Gasteiger partial charge on any atom is 0.228 e. The molecule has 4 nitrogen and oxygen atoms in total.